The molecule has 0 unspecified atom stereocenters. The Morgan fingerprint density at radius 2 is 2.24 bits per heavy atom. The minimum Gasteiger partial charge on any atom is -0.493 e. The second-order valence-electron chi connectivity index (χ2n) is 6.08. The van der Waals surface area contributed by atoms with E-state index in [0.29, 0.717) is 17.1 Å². The molecule has 1 amide bonds. The number of para-hydroxylation sites is 1. The van der Waals surface area contributed by atoms with Gasteiger partial charge >= 0.3 is 0 Å². The van der Waals surface area contributed by atoms with Crippen LogP contribution in [0.2, 0.25) is 0 Å². The van der Waals surface area contributed by atoms with Gasteiger partial charge in [-0.05, 0) is 30.7 Å². The number of amides is 1. The smallest absolute Gasteiger partial charge is 0.287 e. The van der Waals surface area contributed by atoms with Crippen LogP contribution in [0.1, 0.15) is 17.0 Å². The van der Waals surface area contributed by atoms with E-state index in [-0.39, 0.29) is 11.9 Å². The molecule has 3 aromatic rings. The highest BCUT2D eigenvalue weighted by Gasteiger charge is 2.26. The molecule has 0 bridgehead atoms. The van der Waals surface area contributed by atoms with E-state index in [1.54, 1.807) is 19.4 Å². The summed E-state index contributed by atoms with van der Waals surface area (Å²) in [6.07, 6.45) is 2.66. The van der Waals surface area contributed by atoms with Gasteiger partial charge in [0.25, 0.3) is 5.91 Å². The average molecular weight is 337 g/mol. The molecule has 1 aromatic carbocycles. The first-order valence-corrected chi connectivity index (χ1v) is 8.28. The lowest BCUT2D eigenvalue weighted by Gasteiger charge is -2.17. The van der Waals surface area contributed by atoms with Gasteiger partial charge < -0.3 is 19.4 Å². The molecule has 0 radical (unpaired) electrons. The van der Waals surface area contributed by atoms with Crippen LogP contribution in [0.25, 0.3) is 11.0 Å². The highest BCUT2D eigenvalue weighted by Crippen LogP contribution is 2.28. The van der Waals surface area contributed by atoms with Crippen molar-refractivity contribution < 1.29 is 13.9 Å². The number of carbonyl (C=O) groups excluding carboxylic acids is 1. The van der Waals surface area contributed by atoms with Gasteiger partial charge in [-0.2, -0.15) is 0 Å². The molecule has 25 heavy (non-hydrogen) atoms. The zero-order chi connectivity index (χ0) is 17.2. The van der Waals surface area contributed by atoms with Crippen LogP contribution in [-0.2, 0) is 0 Å². The number of pyridine rings is 1. The lowest BCUT2D eigenvalue weighted by molar-refractivity contribution is 0.0914. The summed E-state index contributed by atoms with van der Waals surface area (Å²) in [5, 5.41) is 3.90. The molecule has 4 rings (SSSR count). The average Bonchev–Trinajstić information content (AvgIpc) is 3.29. The Morgan fingerprint density at radius 1 is 1.32 bits per heavy atom. The van der Waals surface area contributed by atoms with Crippen molar-refractivity contribution in [1.29, 1.82) is 0 Å². The number of nitrogens with zero attached hydrogens (tertiary/aromatic N) is 2. The van der Waals surface area contributed by atoms with Crippen LogP contribution in [0.4, 0.5) is 5.82 Å². The lowest BCUT2D eigenvalue weighted by Crippen LogP contribution is -2.37. The summed E-state index contributed by atoms with van der Waals surface area (Å²) in [6.45, 7) is 1.61. The van der Waals surface area contributed by atoms with Gasteiger partial charge in [-0.25, -0.2) is 4.98 Å². The van der Waals surface area contributed by atoms with Crippen molar-refractivity contribution in [2.45, 2.75) is 12.5 Å². The van der Waals surface area contributed by atoms with Crippen LogP contribution < -0.4 is 15.0 Å². The monoisotopic (exact) mass is 337 g/mol. The van der Waals surface area contributed by atoms with Gasteiger partial charge in [0.1, 0.15) is 5.82 Å². The number of hydrogen-bond donors (Lipinski definition) is 1. The summed E-state index contributed by atoms with van der Waals surface area (Å²) < 4.78 is 11.0. The summed E-state index contributed by atoms with van der Waals surface area (Å²) >= 11 is 0. The normalized spacial score (nSPS) is 17.0. The fraction of sp³-hybridized carbons (Fsp3) is 0.263. The van der Waals surface area contributed by atoms with Crippen LogP contribution in [0.3, 0.4) is 0 Å². The number of furan rings is 1. The largest absolute Gasteiger partial charge is 0.493 e. The number of methoxy groups -OCH3 is 1. The number of hydrogen-bond acceptors (Lipinski definition) is 5. The highest BCUT2D eigenvalue weighted by molar-refractivity contribution is 5.97. The topological polar surface area (TPSA) is 67.6 Å². The van der Waals surface area contributed by atoms with Crippen molar-refractivity contribution in [2.75, 3.05) is 25.1 Å². The molecule has 2 aromatic heterocycles. The first-order chi connectivity index (χ1) is 12.2. The Kier molecular flexibility index (Phi) is 4.01. The Hall–Kier alpha value is -3.02. The van der Waals surface area contributed by atoms with Crippen molar-refractivity contribution >= 4 is 22.7 Å². The first-order valence-electron chi connectivity index (χ1n) is 8.28. The van der Waals surface area contributed by atoms with E-state index in [2.05, 4.69) is 15.2 Å². The molecule has 3 heterocycles. The van der Waals surface area contributed by atoms with Crippen molar-refractivity contribution in [3.63, 3.8) is 0 Å². The van der Waals surface area contributed by atoms with Crippen LogP contribution in [0, 0.1) is 0 Å². The number of anilines is 1. The van der Waals surface area contributed by atoms with Crippen molar-refractivity contribution in [3.05, 3.63) is 54.4 Å². The molecule has 6 heteroatoms. The summed E-state index contributed by atoms with van der Waals surface area (Å²) in [7, 11) is 1.59. The highest BCUT2D eigenvalue weighted by atomic mass is 16.5. The number of fused-ring (bicyclic) bond motifs is 1. The predicted molar refractivity (Wildman–Crippen MR) is 95.1 cm³/mol. The Morgan fingerprint density at radius 3 is 3.04 bits per heavy atom. The number of aromatic nitrogens is 1. The molecule has 6 nitrogen and oxygen atoms in total. The fourth-order valence-electron chi connectivity index (χ4n) is 3.19. The minimum atomic E-state index is -0.203. The van der Waals surface area contributed by atoms with E-state index in [0.717, 1.165) is 30.7 Å². The maximum Gasteiger partial charge on any atom is 0.287 e. The number of ether oxygens (including phenoxy) is 1. The molecule has 1 atom stereocenters. The standard InChI is InChI=1S/C19H19N3O3/c1-24-15-6-4-5-13-11-16(25-18(13)15)19(23)21-14-8-10-22(12-14)17-7-2-3-9-20-17/h2-7,9,11,14H,8,10,12H2,1H3,(H,21,23)/t14-/m0/s1. The zero-order valence-corrected chi connectivity index (χ0v) is 13.9. The van der Waals surface area contributed by atoms with Crippen molar-refractivity contribution in [1.82, 2.24) is 10.3 Å². The number of rotatable bonds is 4. The fourth-order valence-corrected chi connectivity index (χ4v) is 3.19. The SMILES string of the molecule is COc1cccc2cc(C(=O)N[C@H]3CCN(c4ccccn4)C3)oc12. The molecule has 0 saturated carbocycles. The minimum absolute atomic E-state index is 0.0737. The maximum absolute atomic E-state index is 12.5. The first kappa shape index (κ1) is 15.5. The molecule has 1 fully saturated rings. The van der Waals surface area contributed by atoms with Gasteiger partial charge in [0.05, 0.1) is 7.11 Å². The quantitative estimate of drug-likeness (QED) is 0.793. The molecule has 128 valence electrons. The third kappa shape index (κ3) is 3.03. The van der Waals surface area contributed by atoms with Crippen molar-refractivity contribution in [2.24, 2.45) is 0 Å². The van der Waals surface area contributed by atoms with E-state index in [4.69, 9.17) is 9.15 Å². The Labute approximate surface area is 145 Å². The Balaban J connectivity index is 1.46. The van der Waals surface area contributed by atoms with E-state index in [1.165, 1.54) is 0 Å². The summed E-state index contributed by atoms with van der Waals surface area (Å²) in [4.78, 5) is 19.1. The maximum atomic E-state index is 12.5. The summed E-state index contributed by atoms with van der Waals surface area (Å²) in [5.74, 6) is 1.66. The predicted octanol–water partition coefficient (Wildman–Crippen LogP) is 2.85. The van der Waals surface area contributed by atoms with Crippen LogP contribution >= 0.6 is 0 Å². The van der Waals surface area contributed by atoms with E-state index >= 15 is 0 Å². The van der Waals surface area contributed by atoms with Crippen molar-refractivity contribution in [3.8, 4) is 5.75 Å². The van der Waals surface area contributed by atoms with Gasteiger partial charge in [0.2, 0.25) is 0 Å². The van der Waals surface area contributed by atoms with Crippen LogP contribution in [0.15, 0.2) is 53.1 Å². The third-order valence-corrected chi connectivity index (χ3v) is 4.45. The molecular formula is C19H19N3O3. The van der Waals surface area contributed by atoms with Crippen LogP contribution in [-0.4, -0.2) is 37.1 Å². The zero-order valence-electron chi connectivity index (χ0n) is 13.9. The van der Waals surface area contributed by atoms with E-state index < -0.39 is 0 Å². The van der Waals surface area contributed by atoms with Gasteiger partial charge in [-0.3, -0.25) is 4.79 Å². The van der Waals surface area contributed by atoms with Gasteiger partial charge in [0.15, 0.2) is 17.1 Å². The number of nitrogens with one attached hydrogen (secondary N) is 1. The second kappa shape index (κ2) is 6.47. The Bertz CT molecular complexity index is 891. The molecule has 0 aliphatic carbocycles. The van der Waals surface area contributed by atoms with Gasteiger partial charge in [-0.15, -0.1) is 0 Å². The molecule has 1 N–H and O–H groups in total. The molecule has 1 aliphatic rings. The lowest BCUT2D eigenvalue weighted by atomic mass is 10.2. The van der Waals surface area contributed by atoms with E-state index in [1.807, 2.05) is 36.4 Å². The molecular weight excluding hydrogens is 318 g/mol. The van der Waals surface area contributed by atoms with Crippen LogP contribution in [0.5, 0.6) is 5.75 Å². The van der Waals surface area contributed by atoms with E-state index in [9.17, 15) is 4.79 Å². The number of benzene rings is 1. The van der Waals surface area contributed by atoms with Gasteiger partial charge in [0, 0.05) is 30.7 Å². The van der Waals surface area contributed by atoms with Gasteiger partial charge in [-0.1, -0.05) is 18.2 Å². The third-order valence-electron chi connectivity index (χ3n) is 4.45. The molecule has 1 aliphatic heterocycles. The molecule has 1 saturated heterocycles. The molecule has 0 spiro atoms. The number of carbonyl (C=O) groups is 1. The summed E-state index contributed by atoms with van der Waals surface area (Å²) in [6, 6.07) is 13.3. The second-order valence-corrected chi connectivity index (χ2v) is 6.08. The summed E-state index contributed by atoms with van der Waals surface area (Å²) in [5.41, 5.74) is 0.594.